The molecule has 0 saturated heterocycles. The summed E-state index contributed by atoms with van der Waals surface area (Å²) >= 11 is 0. The quantitative estimate of drug-likeness (QED) is 0.628. The van der Waals surface area contributed by atoms with Crippen molar-refractivity contribution < 1.29 is 0 Å². The van der Waals surface area contributed by atoms with Crippen molar-refractivity contribution in [2.45, 2.75) is 13.8 Å². The Morgan fingerprint density at radius 2 is 1.40 bits per heavy atom. The lowest BCUT2D eigenvalue weighted by atomic mass is 10.0. The van der Waals surface area contributed by atoms with Crippen LogP contribution in [0.5, 0.6) is 0 Å². The van der Waals surface area contributed by atoms with Gasteiger partial charge in [-0.3, -0.25) is 4.98 Å². The van der Waals surface area contributed by atoms with Gasteiger partial charge in [0.05, 0.1) is 5.69 Å². The molecule has 1 aromatic heterocycles. The molecule has 0 fully saturated rings. The van der Waals surface area contributed by atoms with Crippen molar-refractivity contribution >= 4 is 0 Å². The highest BCUT2D eigenvalue weighted by Crippen LogP contribution is 2.25. The zero-order valence-corrected chi connectivity index (χ0v) is 11.8. The number of aryl methyl sites for hydroxylation is 2. The van der Waals surface area contributed by atoms with Crippen LogP contribution in [-0.4, -0.2) is 4.98 Å². The van der Waals surface area contributed by atoms with Crippen molar-refractivity contribution in [2.24, 2.45) is 0 Å². The number of hydrogen-bond acceptors (Lipinski definition) is 1. The molecule has 1 heteroatoms. The average Bonchev–Trinajstić information content (AvgIpc) is 2.48. The summed E-state index contributed by atoms with van der Waals surface area (Å²) in [5.41, 5.74) is 7.17. The molecular weight excluding hydrogens is 242 g/mol. The van der Waals surface area contributed by atoms with E-state index in [1.807, 2.05) is 12.3 Å². The number of pyridine rings is 1. The Kier molecular flexibility index (Phi) is 3.34. The molecule has 0 amide bonds. The topological polar surface area (TPSA) is 12.9 Å². The lowest BCUT2D eigenvalue weighted by Crippen LogP contribution is -1.85. The van der Waals surface area contributed by atoms with E-state index in [2.05, 4.69) is 73.4 Å². The number of aromatic nitrogens is 1. The van der Waals surface area contributed by atoms with Crippen LogP contribution in [0.25, 0.3) is 22.4 Å². The maximum Gasteiger partial charge on any atom is 0.0704 e. The van der Waals surface area contributed by atoms with E-state index in [1.165, 1.54) is 22.3 Å². The Balaban J connectivity index is 2.03. The van der Waals surface area contributed by atoms with Gasteiger partial charge >= 0.3 is 0 Å². The first-order chi connectivity index (χ1) is 9.72. The van der Waals surface area contributed by atoms with Crippen LogP contribution < -0.4 is 0 Å². The summed E-state index contributed by atoms with van der Waals surface area (Å²) in [6.07, 6.45) is 1.86. The summed E-state index contributed by atoms with van der Waals surface area (Å²) in [5, 5.41) is 0. The van der Waals surface area contributed by atoms with Crippen molar-refractivity contribution in [3.8, 4) is 22.4 Å². The second-order valence-electron chi connectivity index (χ2n) is 5.17. The second-order valence-corrected chi connectivity index (χ2v) is 5.17. The normalized spacial score (nSPS) is 10.5. The smallest absolute Gasteiger partial charge is 0.0704 e. The van der Waals surface area contributed by atoms with E-state index in [1.54, 1.807) is 0 Å². The zero-order chi connectivity index (χ0) is 13.9. The van der Waals surface area contributed by atoms with E-state index in [9.17, 15) is 0 Å². The zero-order valence-electron chi connectivity index (χ0n) is 11.8. The van der Waals surface area contributed by atoms with E-state index < -0.39 is 0 Å². The molecule has 0 spiro atoms. The second kappa shape index (κ2) is 5.30. The van der Waals surface area contributed by atoms with Crippen LogP contribution in [0.15, 0.2) is 66.9 Å². The molecule has 0 atom stereocenters. The Labute approximate surface area is 119 Å². The first-order valence-electron chi connectivity index (χ1n) is 6.82. The minimum absolute atomic E-state index is 1.03. The van der Waals surface area contributed by atoms with Gasteiger partial charge in [0.2, 0.25) is 0 Å². The third-order valence-corrected chi connectivity index (χ3v) is 3.46. The number of hydrogen-bond donors (Lipinski definition) is 0. The van der Waals surface area contributed by atoms with Crippen LogP contribution in [0.4, 0.5) is 0 Å². The number of rotatable bonds is 2. The maximum absolute atomic E-state index is 4.46. The Morgan fingerprint density at radius 3 is 2.15 bits per heavy atom. The maximum atomic E-state index is 4.46. The van der Waals surface area contributed by atoms with Crippen LogP contribution in [0.3, 0.4) is 0 Å². The van der Waals surface area contributed by atoms with E-state index in [0.29, 0.717) is 0 Å². The Bertz CT molecular complexity index is 727. The molecule has 0 aliphatic carbocycles. The van der Waals surface area contributed by atoms with E-state index in [4.69, 9.17) is 0 Å². The van der Waals surface area contributed by atoms with Crippen LogP contribution >= 0.6 is 0 Å². The lowest BCUT2D eigenvalue weighted by molar-refractivity contribution is 1.29. The van der Waals surface area contributed by atoms with Crippen LogP contribution in [-0.2, 0) is 0 Å². The molecule has 0 unspecified atom stereocenters. The predicted molar refractivity (Wildman–Crippen MR) is 84.6 cm³/mol. The molecule has 1 nitrogen and oxygen atoms in total. The van der Waals surface area contributed by atoms with Gasteiger partial charge in [-0.25, -0.2) is 0 Å². The summed E-state index contributed by atoms with van der Waals surface area (Å²) in [4.78, 5) is 4.46. The molecule has 1 heterocycles. The van der Waals surface area contributed by atoms with E-state index in [0.717, 1.165) is 11.3 Å². The fourth-order valence-corrected chi connectivity index (χ4v) is 2.30. The average molecular weight is 259 g/mol. The summed E-state index contributed by atoms with van der Waals surface area (Å²) in [5.74, 6) is 0. The molecule has 20 heavy (non-hydrogen) atoms. The monoisotopic (exact) mass is 259 g/mol. The molecule has 3 rings (SSSR count). The number of nitrogens with zero attached hydrogens (tertiary/aromatic N) is 1. The Morgan fingerprint density at radius 1 is 0.650 bits per heavy atom. The fourth-order valence-electron chi connectivity index (χ4n) is 2.30. The third-order valence-electron chi connectivity index (χ3n) is 3.46. The molecule has 0 bridgehead atoms. The highest BCUT2D eigenvalue weighted by atomic mass is 14.7. The summed E-state index contributed by atoms with van der Waals surface area (Å²) in [7, 11) is 0. The van der Waals surface area contributed by atoms with Gasteiger partial charge in [0, 0.05) is 11.8 Å². The van der Waals surface area contributed by atoms with Crippen LogP contribution in [0.2, 0.25) is 0 Å². The van der Waals surface area contributed by atoms with E-state index >= 15 is 0 Å². The minimum Gasteiger partial charge on any atom is -0.256 e. The first kappa shape index (κ1) is 12.6. The van der Waals surface area contributed by atoms with Gasteiger partial charge in [-0.15, -0.1) is 0 Å². The summed E-state index contributed by atoms with van der Waals surface area (Å²) in [6.45, 7) is 4.20. The van der Waals surface area contributed by atoms with Gasteiger partial charge in [-0.05, 0) is 48.7 Å². The highest BCUT2D eigenvalue weighted by Gasteiger charge is 2.02. The molecule has 0 radical (unpaired) electrons. The summed E-state index contributed by atoms with van der Waals surface area (Å²) < 4.78 is 0. The van der Waals surface area contributed by atoms with Crippen molar-refractivity contribution in [1.29, 1.82) is 0 Å². The minimum atomic E-state index is 1.03. The largest absolute Gasteiger partial charge is 0.256 e. The molecule has 0 saturated carbocycles. The SMILES string of the molecule is Cc1ccc(-c2cccc(-c3cc(C)ccn3)c2)cc1. The standard InChI is InChI=1S/C19H17N/c1-14-6-8-16(9-7-14)17-4-3-5-18(13-17)19-12-15(2)10-11-20-19/h3-13H,1-2H3. The van der Waals surface area contributed by atoms with E-state index in [-0.39, 0.29) is 0 Å². The Hall–Kier alpha value is -2.41. The molecule has 0 aliphatic heterocycles. The van der Waals surface area contributed by atoms with Gasteiger partial charge in [-0.2, -0.15) is 0 Å². The van der Waals surface area contributed by atoms with Gasteiger partial charge in [0.25, 0.3) is 0 Å². The predicted octanol–water partition coefficient (Wildman–Crippen LogP) is 5.03. The van der Waals surface area contributed by atoms with Crippen molar-refractivity contribution in [2.75, 3.05) is 0 Å². The molecule has 3 aromatic rings. The third kappa shape index (κ3) is 2.62. The van der Waals surface area contributed by atoms with Gasteiger partial charge in [-0.1, -0.05) is 48.0 Å². The molecule has 2 aromatic carbocycles. The van der Waals surface area contributed by atoms with Gasteiger partial charge < -0.3 is 0 Å². The van der Waals surface area contributed by atoms with Crippen molar-refractivity contribution in [1.82, 2.24) is 4.98 Å². The van der Waals surface area contributed by atoms with Crippen molar-refractivity contribution in [3.05, 3.63) is 78.0 Å². The molecule has 0 aliphatic rings. The molecular formula is C19H17N. The fraction of sp³-hybridized carbons (Fsp3) is 0.105. The highest BCUT2D eigenvalue weighted by molar-refractivity contribution is 5.71. The summed E-state index contributed by atoms with van der Waals surface area (Å²) in [6, 6.07) is 21.3. The number of benzene rings is 2. The molecule has 0 N–H and O–H groups in total. The lowest BCUT2D eigenvalue weighted by Gasteiger charge is -2.06. The first-order valence-corrected chi connectivity index (χ1v) is 6.82. The van der Waals surface area contributed by atoms with Crippen LogP contribution in [0.1, 0.15) is 11.1 Å². The van der Waals surface area contributed by atoms with Gasteiger partial charge in [0.15, 0.2) is 0 Å². The molecule has 98 valence electrons. The van der Waals surface area contributed by atoms with Crippen molar-refractivity contribution in [3.63, 3.8) is 0 Å². The van der Waals surface area contributed by atoms with Gasteiger partial charge in [0.1, 0.15) is 0 Å². The van der Waals surface area contributed by atoms with Crippen LogP contribution in [0, 0.1) is 13.8 Å².